The molecule has 1 aliphatic carbocycles. The molecular weight excluding hydrogens is 224 g/mol. The predicted molar refractivity (Wildman–Crippen MR) is 73.9 cm³/mol. The lowest BCUT2D eigenvalue weighted by Crippen LogP contribution is -2.21. The number of rotatable bonds is 7. The molecule has 2 rings (SSSR count). The maximum atomic E-state index is 5.01. The van der Waals surface area contributed by atoms with Gasteiger partial charge in [-0.25, -0.2) is 0 Å². The summed E-state index contributed by atoms with van der Waals surface area (Å²) in [6.07, 6.45) is 8.26. The van der Waals surface area contributed by atoms with Crippen LogP contribution in [0.3, 0.4) is 0 Å². The van der Waals surface area contributed by atoms with E-state index in [1.165, 1.54) is 43.4 Å². The third-order valence-corrected chi connectivity index (χ3v) is 3.70. The third kappa shape index (κ3) is 3.79. The summed E-state index contributed by atoms with van der Waals surface area (Å²) in [4.78, 5) is 4.59. The molecule has 3 nitrogen and oxygen atoms in total. The highest BCUT2D eigenvalue weighted by Crippen LogP contribution is 2.32. The summed E-state index contributed by atoms with van der Waals surface area (Å²) in [6.45, 7) is 2.84. The number of ether oxygens (including phenoxy) is 1. The number of fused-ring (bicyclic) bond motifs is 1. The zero-order valence-corrected chi connectivity index (χ0v) is 11.3. The number of pyridine rings is 1. The summed E-state index contributed by atoms with van der Waals surface area (Å²) in [7, 11) is 1.74. The molecule has 0 radical (unpaired) electrons. The quantitative estimate of drug-likeness (QED) is 0.753. The van der Waals surface area contributed by atoms with E-state index in [1.54, 1.807) is 7.11 Å². The molecule has 0 amide bonds. The number of nitrogens with one attached hydrogen (secondary N) is 1. The van der Waals surface area contributed by atoms with Crippen LogP contribution in [0.4, 0.5) is 0 Å². The maximum absolute atomic E-state index is 5.01. The van der Waals surface area contributed by atoms with Crippen molar-refractivity contribution in [1.29, 1.82) is 0 Å². The van der Waals surface area contributed by atoms with E-state index in [2.05, 4.69) is 22.4 Å². The summed E-state index contributed by atoms with van der Waals surface area (Å²) in [5.74, 6) is 0.680. The smallest absolute Gasteiger partial charge is 0.0587 e. The van der Waals surface area contributed by atoms with Crippen molar-refractivity contribution in [3.05, 3.63) is 29.6 Å². The molecule has 0 bridgehead atoms. The largest absolute Gasteiger partial charge is 0.383 e. The Balaban J connectivity index is 1.74. The molecule has 1 N–H and O–H groups in total. The van der Waals surface area contributed by atoms with Gasteiger partial charge in [0.1, 0.15) is 0 Å². The lowest BCUT2D eigenvalue weighted by molar-refractivity contribution is 0.199. The molecule has 0 aliphatic heterocycles. The van der Waals surface area contributed by atoms with E-state index in [-0.39, 0.29) is 0 Å². The van der Waals surface area contributed by atoms with Gasteiger partial charge in [0.05, 0.1) is 6.61 Å². The van der Waals surface area contributed by atoms with Gasteiger partial charge in [-0.15, -0.1) is 0 Å². The maximum Gasteiger partial charge on any atom is 0.0587 e. The molecule has 0 aromatic carbocycles. The van der Waals surface area contributed by atoms with Crippen LogP contribution in [0.15, 0.2) is 18.3 Å². The average molecular weight is 248 g/mol. The minimum atomic E-state index is 0.680. The molecule has 100 valence electrons. The van der Waals surface area contributed by atoms with Crippen molar-refractivity contribution in [3.63, 3.8) is 0 Å². The Labute approximate surface area is 110 Å². The van der Waals surface area contributed by atoms with E-state index in [9.17, 15) is 0 Å². The van der Waals surface area contributed by atoms with E-state index in [1.807, 2.05) is 6.20 Å². The molecule has 1 heterocycles. The first-order valence-corrected chi connectivity index (χ1v) is 7.05. The van der Waals surface area contributed by atoms with E-state index < -0.39 is 0 Å². The van der Waals surface area contributed by atoms with Crippen LogP contribution < -0.4 is 5.32 Å². The highest BCUT2D eigenvalue weighted by atomic mass is 16.5. The van der Waals surface area contributed by atoms with Crippen molar-refractivity contribution >= 4 is 0 Å². The normalized spacial score (nSPS) is 18.6. The van der Waals surface area contributed by atoms with Gasteiger partial charge in [-0.1, -0.05) is 6.07 Å². The molecule has 0 saturated heterocycles. The van der Waals surface area contributed by atoms with Gasteiger partial charge in [0.15, 0.2) is 0 Å². The number of hydrogen-bond donors (Lipinski definition) is 1. The van der Waals surface area contributed by atoms with Gasteiger partial charge in [0.25, 0.3) is 0 Å². The highest BCUT2D eigenvalue weighted by molar-refractivity contribution is 5.25. The first kappa shape index (κ1) is 13.5. The molecule has 0 fully saturated rings. The second kappa shape index (κ2) is 7.49. The van der Waals surface area contributed by atoms with Crippen molar-refractivity contribution in [2.24, 2.45) is 0 Å². The number of aromatic nitrogens is 1. The SMILES string of the molecule is COCCNCCCC1CCCc2cccnc21. The van der Waals surface area contributed by atoms with Crippen LogP contribution in [0.25, 0.3) is 0 Å². The average Bonchev–Trinajstić information content (AvgIpc) is 2.43. The standard InChI is InChI=1S/C15H24N2O/c1-18-12-11-16-9-3-7-13-5-2-6-14-8-4-10-17-15(13)14/h4,8,10,13,16H,2-3,5-7,9,11-12H2,1H3. The van der Waals surface area contributed by atoms with Gasteiger partial charge >= 0.3 is 0 Å². The minimum absolute atomic E-state index is 0.680. The third-order valence-electron chi connectivity index (χ3n) is 3.70. The van der Waals surface area contributed by atoms with Crippen LogP contribution in [0.2, 0.25) is 0 Å². The second-order valence-electron chi connectivity index (χ2n) is 5.02. The second-order valence-corrected chi connectivity index (χ2v) is 5.02. The molecule has 1 unspecified atom stereocenters. The van der Waals surface area contributed by atoms with E-state index in [4.69, 9.17) is 4.74 Å². The topological polar surface area (TPSA) is 34.1 Å². The lowest BCUT2D eigenvalue weighted by atomic mass is 9.84. The fourth-order valence-electron chi connectivity index (χ4n) is 2.76. The Kier molecular flexibility index (Phi) is 5.62. The first-order valence-electron chi connectivity index (χ1n) is 7.05. The minimum Gasteiger partial charge on any atom is -0.383 e. The van der Waals surface area contributed by atoms with Crippen LogP contribution in [0.5, 0.6) is 0 Å². The number of hydrogen-bond acceptors (Lipinski definition) is 3. The Bertz CT molecular complexity index is 354. The van der Waals surface area contributed by atoms with Gasteiger partial charge in [-0.3, -0.25) is 4.98 Å². The van der Waals surface area contributed by atoms with E-state index in [0.717, 1.165) is 19.7 Å². The Hall–Kier alpha value is -0.930. The monoisotopic (exact) mass is 248 g/mol. The fourth-order valence-corrected chi connectivity index (χ4v) is 2.76. The van der Waals surface area contributed by atoms with Crippen molar-refractivity contribution < 1.29 is 4.74 Å². The zero-order chi connectivity index (χ0) is 12.6. The fraction of sp³-hybridized carbons (Fsp3) is 0.667. The van der Waals surface area contributed by atoms with Crippen molar-refractivity contribution in [2.45, 2.75) is 38.0 Å². The number of nitrogens with zero attached hydrogens (tertiary/aromatic N) is 1. The van der Waals surface area contributed by atoms with Gasteiger partial charge in [0.2, 0.25) is 0 Å². The van der Waals surface area contributed by atoms with Crippen molar-refractivity contribution in [1.82, 2.24) is 10.3 Å². The summed E-state index contributed by atoms with van der Waals surface area (Å²) >= 11 is 0. The van der Waals surface area contributed by atoms with Crippen molar-refractivity contribution in [2.75, 3.05) is 26.8 Å². The Morgan fingerprint density at radius 3 is 3.28 bits per heavy atom. The molecule has 1 atom stereocenters. The van der Waals surface area contributed by atoms with Gasteiger partial charge in [-0.2, -0.15) is 0 Å². The molecule has 1 aromatic rings. The van der Waals surface area contributed by atoms with Gasteiger partial charge < -0.3 is 10.1 Å². The summed E-state index contributed by atoms with van der Waals surface area (Å²) in [5.41, 5.74) is 2.83. The summed E-state index contributed by atoms with van der Waals surface area (Å²) in [5, 5.41) is 3.40. The molecule has 0 saturated carbocycles. The Morgan fingerprint density at radius 2 is 2.39 bits per heavy atom. The molecule has 0 spiro atoms. The molecular formula is C15H24N2O. The molecule has 18 heavy (non-hydrogen) atoms. The van der Waals surface area contributed by atoms with E-state index in [0.29, 0.717) is 5.92 Å². The van der Waals surface area contributed by atoms with Crippen LogP contribution >= 0.6 is 0 Å². The molecule has 3 heteroatoms. The summed E-state index contributed by atoms with van der Waals surface area (Å²) in [6, 6.07) is 4.30. The van der Waals surface area contributed by atoms with Crippen LogP contribution in [-0.2, 0) is 11.2 Å². The molecule has 1 aliphatic rings. The first-order chi connectivity index (χ1) is 8.92. The zero-order valence-electron chi connectivity index (χ0n) is 11.3. The summed E-state index contributed by atoms with van der Waals surface area (Å²) < 4.78 is 5.01. The van der Waals surface area contributed by atoms with Crippen LogP contribution in [0, 0.1) is 0 Å². The predicted octanol–water partition coefficient (Wildman–Crippen LogP) is 2.52. The van der Waals surface area contributed by atoms with Crippen LogP contribution in [-0.4, -0.2) is 31.8 Å². The molecule has 1 aromatic heterocycles. The van der Waals surface area contributed by atoms with Crippen LogP contribution in [0.1, 0.15) is 42.9 Å². The van der Waals surface area contributed by atoms with Crippen molar-refractivity contribution in [3.8, 4) is 0 Å². The lowest BCUT2D eigenvalue weighted by Gasteiger charge is -2.24. The van der Waals surface area contributed by atoms with Gasteiger partial charge in [0, 0.05) is 31.5 Å². The van der Waals surface area contributed by atoms with E-state index >= 15 is 0 Å². The number of aryl methyl sites for hydroxylation is 1. The highest BCUT2D eigenvalue weighted by Gasteiger charge is 2.20. The Morgan fingerprint density at radius 1 is 1.44 bits per heavy atom. The van der Waals surface area contributed by atoms with Gasteiger partial charge in [-0.05, 0) is 50.3 Å². The number of methoxy groups -OCH3 is 1.